The Labute approximate surface area is 156 Å². The number of amides is 1. The molecule has 140 valence electrons. The topological polar surface area (TPSA) is 101 Å². The molecule has 0 saturated carbocycles. The molecule has 2 N–H and O–H groups in total. The zero-order valence-electron chi connectivity index (χ0n) is 14.4. The van der Waals surface area contributed by atoms with E-state index in [4.69, 9.17) is 5.11 Å². The van der Waals surface area contributed by atoms with Crippen molar-refractivity contribution in [1.82, 2.24) is 0 Å². The van der Waals surface area contributed by atoms with Gasteiger partial charge in [-0.05, 0) is 48.9 Å². The van der Waals surface area contributed by atoms with Gasteiger partial charge in [0.25, 0.3) is 0 Å². The van der Waals surface area contributed by atoms with Crippen molar-refractivity contribution in [2.45, 2.75) is 37.0 Å². The average Bonchev–Trinajstić information content (AvgIpc) is 3.06. The number of aryl methyl sites for hydroxylation is 1. The number of carboxylic acid groups (broad SMARTS) is 1. The maximum Gasteiger partial charge on any atom is 0.335 e. The first-order valence-electron chi connectivity index (χ1n) is 8.16. The van der Waals surface area contributed by atoms with E-state index in [9.17, 15) is 18.0 Å². The molecule has 0 unspecified atom stereocenters. The van der Waals surface area contributed by atoms with Crippen LogP contribution in [0.1, 0.15) is 40.9 Å². The van der Waals surface area contributed by atoms with Gasteiger partial charge in [0, 0.05) is 23.2 Å². The van der Waals surface area contributed by atoms with Crippen molar-refractivity contribution in [3.05, 3.63) is 46.2 Å². The molecule has 0 saturated heterocycles. The highest BCUT2D eigenvalue weighted by Gasteiger charge is 2.14. The van der Waals surface area contributed by atoms with Crippen LogP contribution in [-0.2, 0) is 21.1 Å². The summed E-state index contributed by atoms with van der Waals surface area (Å²) >= 11 is 1.72. The lowest BCUT2D eigenvalue weighted by Crippen LogP contribution is -2.13. The second-order valence-corrected chi connectivity index (χ2v) is 9.06. The Morgan fingerprint density at radius 1 is 1.15 bits per heavy atom. The van der Waals surface area contributed by atoms with Gasteiger partial charge in [0.1, 0.15) is 0 Å². The molecule has 1 aromatic carbocycles. The van der Waals surface area contributed by atoms with Crippen molar-refractivity contribution in [1.29, 1.82) is 0 Å². The molecule has 0 atom stereocenters. The molecule has 0 radical (unpaired) electrons. The first-order chi connectivity index (χ1) is 12.3. The van der Waals surface area contributed by atoms with Crippen molar-refractivity contribution in [3.8, 4) is 0 Å². The van der Waals surface area contributed by atoms with Gasteiger partial charge in [0.2, 0.25) is 5.91 Å². The number of carboxylic acids is 1. The van der Waals surface area contributed by atoms with Crippen LogP contribution in [0.4, 0.5) is 5.69 Å². The SMILES string of the molecule is CS(=O)(=O)c1cc(NC(=O)CCCCCc2cccs2)cc(C(=O)O)c1. The van der Waals surface area contributed by atoms with Crippen molar-refractivity contribution >= 4 is 38.7 Å². The van der Waals surface area contributed by atoms with Crippen molar-refractivity contribution < 1.29 is 23.1 Å². The number of hydrogen-bond acceptors (Lipinski definition) is 5. The highest BCUT2D eigenvalue weighted by atomic mass is 32.2. The molecule has 26 heavy (non-hydrogen) atoms. The summed E-state index contributed by atoms with van der Waals surface area (Å²) in [6.07, 6.45) is 4.92. The van der Waals surface area contributed by atoms with E-state index in [0.29, 0.717) is 6.42 Å². The average molecular weight is 396 g/mol. The Morgan fingerprint density at radius 2 is 1.92 bits per heavy atom. The van der Waals surface area contributed by atoms with Gasteiger partial charge in [-0.3, -0.25) is 4.79 Å². The molecular formula is C18H21NO5S2. The van der Waals surface area contributed by atoms with Crippen LogP contribution in [0.3, 0.4) is 0 Å². The molecule has 8 heteroatoms. The van der Waals surface area contributed by atoms with Crippen LogP contribution in [0, 0.1) is 0 Å². The van der Waals surface area contributed by atoms with Crippen LogP contribution in [0.2, 0.25) is 0 Å². The van der Waals surface area contributed by atoms with Crippen LogP contribution in [0.5, 0.6) is 0 Å². The second kappa shape index (κ2) is 8.95. The van der Waals surface area contributed by atoms with Crippen LogP contribution in [0.15, 0.2) is 40.6 Å². The lowest BCUT2D eigenvalue weighted by atomic mass is 10.1. The van der Waals surface area contributed by atoms with Gasteiger partial charge >= 0.3 is 5.97 Å². The zero-order valence-corrected chi connectivity index (χ0v) is 16.0. The molecule has 1 amide bonds. The third-order valence-electron chi connectivity index (χ3n) is 3.77. The molecule has 0 aliphatic carbocycles. The summed E-state index contributed by atoms with van der Waals surface area (Å²) in [5.74, 6) is -1.51. The fourth-order valence-electron chi connectivity index (χ4n) is 2.45. The molecule has 0 spiro atoms. The highest BCUT2D eigenvalue weighted by Crippen LogP contribution is 2.20. The molecule has 1 heterocycles. The molecule has 2 rings (SSSR count). The number of thiophene rings is 1. The Balaban J connectivity index is 1.89. The number of hydrogen-bond donors (Lipinski definition) is 2. The Kier molecular flexibility index (Phi) is 6.93. The highest BCUT2D eigenvalue weighted by molar-refractivity contribution is 7.90. The minimum absolute atomic E-state index is 0.136. The number of aromatic carboxylic acids is 1. The Hall–Kier alpha value is -2.19. The largest absolute Gasteiger partial charge is 0.478 e. The molecule has 0 fully saturated rings. The summed E-state index contributed by atoms with van der Waals surface area (Å²) in [5, 5.41) is 13.7. The molecule has 2 aromatic rings. The Morgan fingerprint density at radius 3 is 2.54 bits per heavy atom. The summed E-state index contributed by atoms with van der Waals surface area (Å²) in [7, 11) is -3.58. The maximum absolute atomic E-state index is 12.0. The van der Waals surface area contributed by atoms with Crippen molar-refractivity contribution in [2.75, 3.05) is 11.6 Å². The molecule has 1 aromatic heterocycles. The molecule has 6 nitrogen and oxygen atoms in total. The summed E-state index contributed by atoms with van der Waals surface area (Å²) in [5.41, 5.74) is -0.00640. The van der Waals surface area contributed by atoms with E-state index in [2.05, 4.69) is 11.4 Å². The predicted molar refractivity (Wildman–Crippen MR) is 102 cm³/mol. The van der Waals surface area contributed by atoms with Gasteiger partial charge in [-0.25, -0.2) is 13.2 Å². The first-order valence-corrected chi connectivity index (χ1v) is 10.9. The van der Waals surface area contributed by atoms with Crippen LogP contribution in [0.25, 0.3) is 0 Å². The van der Waals surface area contributed by atoms with E-state index < -0.39 is 15.8 Å². The number of sulfone groups is 1. The fourth-order valence-corrected chi connectivity index (χ4v) is 3.88. The summed E-state index contributed by atoms with van der Waals surface area (Å²) in [4.78, 5) is 24.4. The van der Waals surface area contributed by atoms with Crippen molar-refractivity contribution in [3.63, 3.8) is 0 Å². The minimum Gasteiger partial charge on any atom is -0.478 e. The smallest absolute Gasteiger partial charge is 0.335 e. The number of unbranched alkanes of at least 4 members (excludes halogenated alkanes) is 2. The zero-order chi connectivity index (χ0) is 19.2. The van der Waals surface area contributed by atoms with E-state index in [1.54, 1.807) is 11.3 Å². The molecule has 0 aliphatic heterocycles. The van der Waals surface area contributed by atoms with Crippen LogP contribution >= 0.6 is 11.3 Å². The van der Waals surface area contributed by atoms with E-state index in [1.807, 2.05) is 11.4 Å². The van der Waals surface area contributed by atoms with Gasteiger partial charge in [-0.15, -0.1) is 11.3 Å². The third-order valence-corrected chi connectivity index (χ3v) is 5.80. The molecule has 0 bridgehead atoms. The summed E-state index contributed by atoms with van der Waals surface area (Å²) < 4.78 is 23.4. The lowest BCUT2D eigenvalue weighted by molar-refractivity contribution is -0.116. The number of benzene rings is 1. The number of rotatable bonds is 9. The molecule has 0 aliphatic rings. The predicted octanol–water partition coefficient (Wildman–Crippen LogP) is 3.59. The lowest BCUT2D eigenvalue weighted by Gasteiger charge is -2.09. The van der Waals surface area contributed by atoms with E-state index in [-0.39, 0.29) is 22.1 Å². The number of anilines is 1. The van der Waals surface area contributed by atoms with Gasteiger partial charge < -0.3 is 10.4 Å². The van der Waals surface area contributed by atoms with E-state index >= 15 is 0 Å². The Bertz CT molecular complexity index is 873. The van der Waals surface area contributed by atoms with Gasteiger partial charge in [-0.1, -0.05) is 12.5 Å². The summed E-state index contributed by atoms with van der Waals surface area (Å²) in [6.45, 7) is 0. The first kappa shape index (κ1) is 20.1. The van der Waals surface area contributed by atoms with E-state index in [0.717, 1.165) is 38.0 Å². The van der Waals surface area contributed by atoms with Crippen molar-refractivity contribution in [2.24, 2.45) is 0 Å². The van der Waals surface area contributed by atoms with Gasteiger partial charge in [-0.2, -0.15) is 0 Å². The standard InChI is InChI=1S/C18H21NO5S2/c1-26(23,24)16-11-13(18(21)22)10-14(12-16)19-17(20)8-4-2-3-6-15-7-5-9-25-15/h5,7,9-12H,2-4,6,8H2,1H3,(H,19,20)(H,21,22). The van der Waals surface area contributed by atoms with Crippen LogP contribution in [-0.4, -0.2) is 31.7 Å². The third kappa shape index (κ3) is 6.27. The second-order valence-electron chi connectivity index (χ2n) is 6.01. The maximum atomic E-state index is 12.0. The summed E-state index contributed by atoms with van der Waals surface area (Å²) in [6, 6.07) is 7.72. The van der Waals surface area contributed by atoms with Crippen LogP contribution < -0.4 is 5.32 Å². The quantitative estimate of drug-likeness (QED) is 0.632. The monoisotopic (exact) mass is 395 g/mol. The fraction of sp³-hybridized carbons (Fsp3) is 0.333. The van der Waals surface area contributed by atoms with Gasteiger partial charge in [0.05, 0.1) is 10.5 Å². The molecular weight excluding hydrogens is 374 g/mol. The number of carbonyl (C=O) groups excluding carboxylic acids is 1. The number of nitrogens with one attached hydrogen (secondary N) is 1. The minimum atomic E-state index is -3.58. The van der Waals surface area contributed by atoms with E-state index in [1.165, 1.54) is 17.0 Å². The van der Waals surface area contributed by atoms with Gasteiger partial charge in [0.15, 0.2) is 9.84 Å². The normalized spacial score (nSPS) is 11.3. The number of carbonyl (C=O) groups is 2.